The lowest BCUT2D eigenvalue weighted by atomic mass is 9.92. The number of rotatable bonds is 2. The molecule has 1 aromatic carbocycles. The number of hydrogen-bond donors (Lipinski definition) is 1. The Balaban J connectivity index is 1.59. The number of piperidine rings is 1. The minimum Gasteiger partial charge on any atom is -0.340 e. The van der Waals surface area contributed by atoms with Crippen LogP contribution in [-0.4, -0.2) is 54.5 Å². The summed E-state index contributed by atoms with van der Waals surface area (Å²) in [6.07, 6.45) is 2.18. The van der Waals surface area contributed by atoms with E-state index in [1.54, 1.807) is 6.92 Å². The van der Waals surface area contributed by atoms with Gasteiger partial charge in [-0.15, -0.1) is 0 Å². The maximum atomic E-state index is 13.1. The highest BCUT2D eigenvalue weighted by molar-refractivity contribution is 5.73. The van der Waals surface area contributed by atoms with Crippen molar-refractivity contribution in [1.82, 2.24) is 15.1 Å². The molecule has 5 heteroatoms. The highest BCUT2D eigenvalue weighted by Gasteiger charge is 2.29. The molecule has 4 nitrogen and oxygen atoms in total. The number of carbonyl (C=O) groups excluding carboxylic acids is 1. The standard InChI is InChI=1S/C17H24FN3O/c1-13(22)20-8-10-21(11-9-20)16-6-7-19-17(12-16)14-2-4-15(18)5-3-14/h2-5,16-17,19H,6-12H2,1H3/t16-,17+/m0/s1. The molecule has 1 aromatic rings. The Kier molecular flexibility index (Phi) is 4.74. The van der Waals surface area contributed by atoms with Crippen LogP contribution in [0.4, 0.5) is 4.39 Å². The number of amides is 1. The summed E-state index contributed by atoms with van der Waals surface area (Å²) in [4.78, 5) is 15.8. The van der Waals surface area contributed by atoms with Crippen molar-refractivity contribution >= 4 is 5.91 Å². The van der Waals surface area contributed by atoms with Crippen LogP contribution < -0.4 is 5.32 Å². The number of hydrogen-bond acceptors (Lipinski definition) is 3. The Morgan fingerprint density at radius 1 is 1.18 bits per heavy atom. The molecule has 3 rings (SSSR count). The van der Waals surface area contributed by atoms with Crippen LogP contribution in [0.5, 0.6) is 0 Å². The van der Waals surface area contributed by atoms with Crippen molar-refractivity contribution in [2.24, 2.45) is 0 Å². The third-order valence-electron chi connectivity index (χ3n) is 4.92. The molecule has 2 saturated heterocycles. The van der Waals surface area contributed by atoms with Crippen LogP contribution in [0.15, 0.2) is 24.3 Å². The van der Waals surface area contributed by atoms with Gasteiger partial charge in [-0.25, -0.2) is 4.39 Å². The second-order valence-corrected chi connectivity index (χ2v) is 6.28. The fourth-order valence-electron chi connectivity index (χ4n) is 3.58. The maximum absolute atomic E-state index is 13.1. The quantitative estimate of drug-likeness (QED) is 0.905. The van der Waals surface area contributed by atoms with Crippen LogP contribution in [0.1, 0.15) is 31.4 Å². The third kappa shape index (κ3) is 3.47. The third-order valence-corrected chi connectivity index (χ3v) is 4.92. The summed E-state index contributed by atoms with van der Waals surface area (Å²) in [5.74, 6) is -0.00869. The van der Waals surface area contributed by atoms with Crippen molar-refractivity contribution in [1.29, 1.82) is 0 Å². The van der Waals surface area contributed by atoms with Gasteiger partial charge in [0.05, 0.1) is 0 Å². The van der Waals surface area contributed by atoms with Gasteiger partial charge in [0.1, 0.15) is 5.82 Å². The number of nitrogens with zero attached hydrogens (tertiary/aromatic N) is 2. The van der Waals surface area contributed by atoms with E-state index in [0.717, 1.165) is 51.1 Å². The van der Waals surface area contributed by atoms with Crippen LogP contribution in [0.3, 0.4) is 0 Å². The van der Waals surface area contributed by atoms with Gasteiger partial charge in [0.25, 0.3) is 0 Å². The zero-order valence-corrected chi connectivity index (χ0v) is 13.1. The van der Waals surface area contributed by atoms with E-state index >= 15 is 0 Å². The monoisotopic (exact) mass is 305 g/mol. The fourth-order valence-corrected chi connectivity index (χ4v) is 3.58. The molecule has 0 aromatic heterocycles. The Morgan fingerprint density at radius 3 is 2.50 bits per heavy atom. The number of piperazine rings is 1. The Morgan fingerprint density at radius 2 is 1.86 bits per heavy atom. The van der Waals surface area contributed by atoms with Crippen molar-refractivity contribution in [3.8, 4) is 0 Å². The van der Waals surface area contributed by atoms with Crippen LogP contribution in [0.25, 0.3) is 0 Å². The van der Waals surface area contributed by atoms with Crippen molar-refractivity contribution < 1.29 is 9.18 Å². The predicted molar refractivity (Wildman–Crippen MR) is 84.0 cm³/mol. The molecule has 120 valence electrons. The molecular formula is C17H24FN3O. The topological polar surface area (TPSA) is 35.6 Å². The molecule has 2 fully saturated rings. The summed E-state index contributed by atoms with van der Waals surface area (Å²) < 4.78 is 13.1. The van der Waals surface area contributed by atoms with Gasteiger partial charge < -0.3 is 10.2 Å². The minimum absolute atomic E-state index is 0.175. The van der Waals surface area contributed by atoms with E-state index in [0.29, 0.717) is 12.1 Å². The summed E-state index contributed by atoms with van der Waals surface area (Å²) in [7, 11) is 0. The highest BCUT2D eigenvalue weighted by atomic mass is 19.1. The zero-order chi connectivity index (χ0) is 15.5. The first-order valence-electron chi connectivity index (χ1n) is 8.12. The van der Waals surface area contributed by atoms with E-state index in [9.17, 15) is 9.18 Å². The molecule has 2 aliphatic heterocycles. The lowest BCUT2D eigenvalue weighted by Gasteiger charge is -2.42. The lowest BCUT2D eigenvalue weighted by molar-refractivity contribution is -0.131. The van der Waals surface area contributed by atoms with E-state index in [4.69, 9.17) is 0 Å². The first-order chi connectivity index (χ1) is 10.6. The normalized spacial score (nSPS) is 26.9. The molecule has 0 bridgehead atoms. The molecule has 0 spiro atoms. The summed E-state index contributed by atoms with van der Waals surface area (Å²) in [6.45, 7) is 6.21. The van der Waals surface area contributed by atoms with Gasteiger partial charge in [0.15, 0.2) is 0 Å². The van der Waals surface area contributed by atoms with Gasteiger partial charge in [0, 0.05) is 45.2 Å². The second kappa shape index (κ2) is 6.75. The number of carbonyl (C=O) groups is 1. The molecule has 0 saturated carbocycles. The first-order valence-corrected chi connectivity index (χ1v) is 8.12. The van der Waals surface area contributed by atoms with Crippen LogP contribution in [-0.2, 0) is 4.79 Å². The van der Waals surface area contributed by atoms with Gasteiger partial charge in [-0.1, -0.05) is 12.1 Å². The Labute approximate surface area is 131 Å². The van der Waals surface area contributed by atoms with Gasteiger partial charge >= 0.3 is 0 Å². The lowest BCUT2D eigenvalue weighted by Crippen LogP contribution is -2.54. The van der Waals surface area contributed by atoms with Crippen LogP contribution >= 0.6 is 0 Å². The fraction of sp³-hybridized carbons (Fsp3) is 0.588. The smallest absolute Gasteiger partial charge is 0.219 e. The number of benzene rings is 1. The maximum Gasteiger partial charge on any atom is 0.219 e. The summed E-state index contributed by atoms with van der Waals surface area (Å²) in [5.41, 5.74) is 1.16. The van der Waals surface area contributed by atoms with E-state index < -0.39 is 0 Å². The number of nitrogens with one attached hydrogen (secondary N) is 1. The Bertz CT molecular complexity index is 511. The minimum atomic E-state index is -0.184. The summed E-state index contributed by atoms with van der Waals surface area (Å²) in [5, 5.41) is 3.54. The molecule has 1 N–H and O–H groups in total. The second-order valence-electron chi connectivity index (χ2n) is 6.28. The number of halogens is 1. The van der Waals surface area contributed by atoms with Crippen molar-refractivity contribution in [3.05, 3.63) is 35.6 Å². The summed E-state index contributed by atoms with van der Waals surface area (Å²) >= 11 is 0. The molecule has 0 unspecified atom stereocenters. The molecule has 2 atom stereocenters. The zero-order valence-electron chi connectivity index (χ0n) is 13.1. The van der Waals surface area contributed by atoms with Gasteiger partial charge in [0.2, 0.25) is 5.91 Å². The van der Waals surface area contributed by atoms with Crippen molar-refractivity contribution in [2.75, 3.05) is 32.7 Å². The molecular weight excluding hydrogens is 281 g/mol. The largest absolute Gasteiger partial charge is 0.340 e. The van der Waals surface area contributed by atoms with E-state index in [-0.39, 0.29) is 11.7 Å². The van der Waals surface area contributed by atoms with Crippen molar-refractivity contribution in [2.45, 2.75) is 31.8 Å². The summed E-state index contributed by atoms with van der Waals surface area (Å²) in [6, 6.07) is 7.67. The predicted octanol–water partition coefficient (Wildman–Crippen LogP) is 1.78. The van der Waals surface area contributed by atoms with E-state index in [1.807, 2.05) is 17.0 Å². The van der Waals surface area contributed by atoms with Gasteiger partial charge in [-0.2, -0.15) is 0 Å². The molecule has 1 amide bonds. The van der Waals surface area contributed by atoms with Crippen molar-refractivity contribution in [3.63, 3.8) is 0 Å². The molecule has 0 aliphatic carbocycles. The van der Waals surface area contributed by atoms with Crippen LogP contribution in [0, 0.1) is 5.82 Å². The molecule has 2 aliphatic rings. The average molecular weight is 305 g/mol. The molecule has 0 radical (unpaired) electrons. The van der Waals surface area contributed by atoms with Gasteiger partial charge in [-0.3, -0.25) is 9.69 Å². The van der Waals surface area contributed by atoms with Crippen LogP contribution in [0.2, 0.25) is 0 Å². The first kappa shape index (κ1) is 15.4. The highest BCUT2D eigenvalue weighted by Crippen LogP contribution is 2.27. The SMILES string of the molecule is CC(=O)N1CCN([C@H]2CCN[C@@H](c3ccc(F)cc3)C2)CC1. The Hall–Kier alpha value is -1.46. The molecule has 2 heterocycles. The average Bonchev–Trinajstić information content (AvgIpc) is 2.56. The molecule has 22 heavy (non-hydrogen) atoms. The van der Waals surface area contributed by atoms with E-state index in [1.165, 1.54) is 12.1 Å². The van der Waals surface area contributed by atoms with E-state index in [2.05, 4.69) is 10.2 Å². The van der Waals surface area contributed by atoms with Gasteiger partial charge in [-0.05, 0) is 37.1 Å².